The van der Waals surface area contributed by atoms with Crippen molar-refractivity contribution in [3.8, 4) is 0 Å². The summed E-state index contributed by atoms with van der Waals surface area (Å²) in [5.41, 5.74) is 3.05. The monoisotopic (exact) mass is 224 g/mol. The molecule has 0 spiro atoms. The van der Waals surface area contributed by atoms with Crippen molar-refractivity contribution in [3.63, 3.8) is 0 Å². The number of benzene rings is 2. The lowest BCUT2D eigenvalue weighted by molar-refractivity contribution is 0.940. The van der Waals surface area contributed by atoms with Gasteiger partial charge < -0.3 is 0 Å². The summed E-state index contributed by atoms with van der Waals surface area (Å²) in [7, 11) is 1.24. The molecule has 2 aromatic rings. The minimum atomic E-state index is 0.503. The van der Waals surface area contributed by atoms with Crippen molar-refractivity contribution in [1.29, 1.82) is 0 Å². The molecule has 0 N–H and O–H groups in total. The second-order valence-corrected chi connectivity index (χ2v) is 6.74. The molecule has 1 fully saturated rings. The molecule has 0 nitrogen and oxygen atoms in total. The smallest absolute Gasteiger partial charge is 0.0170 e. The lowest BCUT2D eigenvalue weighted by Gasteiger charge is -2.11. The van der Waals surface area contributed by atoms with Crippen molar-refractivity contribution < 1.29 is 0 Å². The molecule has 3 rings (SSSR count). The molecular weight excluding hydrogens is 208 g/mol. The van der Waals surface area contributed by atoms with Crippen LogP contribution in [0.25, 0.3) is 0 Å². The van der Waals surface area contributed by atoms with Crippen LogP contribution in [0.1, 0.15) is 23.5 Å². The van der Waals surface area contributed by atoms with Crippen LogP contribution in [0.15, 0.2) is 60.7 Å². The summed E-state index contributed by atoms with van der Waals surface area (Å²) in [6.45, 7) is 0. The zero-order valence-electron chi connectivity index (χ0n) is 9.56. The SMILES string of the molecule is [SiH3]C1(c2ccccc2)CC1c1ccccc1. The molecule has 0 aliphatic heterocycles. The largest absolute Gasteiger partial charge is 0.0622 e. The van der Waals surface area contributed by atoms with Crippen LogP contribution in [-0.4, -0.2) is 10.2 Å². The maximum absolute atomic E-state index is 2.29. The molecule has 1 aliphatic rings. The van der Waals surface area contributed by atoms with Crippen molar-refractivity contribution in [3.05, 3.63) is 71.8 Å². The van der Waals surface area contributed by atoms with Gasteiger partial charge in [-0.2, -0.15) is 0 Å². The molecule has 0 aromatic heterocycles. The highest BCUT2D eigenvalue weighted by Gasteiger charge is 2.51. The molecule has 0 saturated heterocycles. The van der Waals surface area contributed by atoms with Crippen LogP contribution in [0.5, 0.6) is 0 Å². The molecule has 0 bridgehead atoms. The third-order valence-electron chi connectivity index (χ3n) is 3.87. The fourth-order valence-corrected chi connectivity index (χ4v) is 3.75. The lowest BCUT2D eigenvalue weighted by Crippen LogP contribution is -2.08. The molecule has 0 radical (unpaired) electrons. The maximum atomic E-state index is 2.29. The highest BCUT2D eigenvalue weighted by atomic mass is 28.1. The van der Waals surface area contributed by atoms with E-state index in [1.807, 2.05) is 0 Å². The Morgan fingerprint density at radius 1 is 0.875 bits per heavy atom. The van der Waals surface area contributed by atoms with E-state index in [4.69, 9.17) is 0 Å². The number of hydrogen-bond donors (Lipinski definition) is 0. The van der Waals surface area contributed by atoms with Crippen molar-refractivity contribution in [2.75, 3.05) is 0 Å². The van der Waals surface area contributed by atoms with E-state index in [9.17, 15) is 0 Å². The van der Waals surface area contributed by atoms with E-state index in [2.05, 4.69) is 60.7 Å². The highest BCUT2D eigenvalue weighted by molar-refractivity contribution is 6.19. The van der Waals surface area contributed by atoms with E-state index in [1.165, 1.54) is 27.8 Å². The quantitative estimate of drug-likeness (QED) is 0.687. The van der Waals surface area contributed by atoms with Crippen LogP contribution in [-0.2, 0) is 5.04 Å². The first-order valence-corrected chi connectivity index (χ1v) is 6.91. The topological polar surface area (TPSA) is 0 Å². The van der Waals surface area contributed by atoms with Crippen molar-refractivity contribution in [2.45, 2.75) is 17.4 Å². The van der Waals surface area contributed by atoms with E-state index in [-0.39, 0.29) is 0 Å². The molecule has 1 heteroatoms. The second-order valence-electron chi connectivity index (χ2n) is 4.95. The number of rotatable bonds is 2. The van der Waals surface area contributed by atoms with Gasteiger partial charge in [0, 0.05) is 10.2 Å². The maximum Gasteiger partial charge on any atom is 0.0170 e. The molecule has 2 unspecified atom stereocenters. The third kappa shape index (κ3) is 1.52. The predicted octanol–water partition coefficient (Wildman–Crippen LogP) is 2.43. The summed E-state index contributed by atoms with van der Waals surface area (Å²) in [6.07, 6.45) is 1.34. The average Bonchev–Trinajstić information content (AvgIpc) is 3.06. The molecule has 2 aromatic carbocycles. The minimum Gasteiger partial charge on any atom is -0.0622 e. The first-order chi connectivity index (χ1) is 7.81. The first-order valence-electron chi connectivity index (χ1n) is 5.91. The fraction of sp³-hybridized carbons (Fsp3) is 0.200. The first kappa shape index (κ1) is 9.85. The summed E-state index contributed by atoms with van der Waals surface area (Å²) in [4.78, 5) is 0. The summed E-state index contributed by atoms with van der Waals surface area (Å²) >= 11 is 0. The predicted molar refractivity (Wildman–Crippen MR) is 71.9 cm³/mol. The summed E-state index contributed by atoms with van der Waals surface area (Å²) in [5.74, 6) is 0.766. The lowest BCUT2D eigenvalue weighted by atomic mass is 10.0. The van der Waals surface area contributed by atoms with Gasteiger partial charge in [0.05, 0.1) is 0 Å². The van der Waals surface area contributed by atoms with Gasteiger partial charge in [0.25, 0.3) is 0 Å². The molecule has 0 heterocycles. The van der Waals surface area contributed by atoms with Gasteiger partial charge in [0.15, 0.2) is 0 Å². The molecule has 1 saturated carbocycles. The Balaban J connectivity index is 1.90. The molecule has 1 aliphatic carbocycles. The van der Waals surface area contributed by atoms with Crippen LogP contribution in [0.2, 0.25) is 0 Å². The normalized spacial score (nSPS) is 27.9. The van der Waals surface area contributed by atoms with Crippen LogP contribution in [0, 0.1) is 0 Å². The van der Waals surface area contributed by atoms with Crippen molar-refractivity contribution in [1.82, 2.24) is 0 Å². The van der Waals surface area contributed by atoms with Gasteiger partial charge in [0.1, 0.15) is 0 Å². The molecule has 80 valence electrons. The molecule has 0 amide bonds. The summed E-state index contributed by atoms with van der Waals surface area (Å²) in [5, 5.41) is 0.503. The zero-order valence-corrected chi connectivity index (χ0v) is 11.6. The van der Waals surface area contributed by atoms with Gasteiger partial charge in [-0.3, -0.25) is 0 Å². The van der Waals surface area contributed by atoms with Crippen molar-refractivity contribution >= 4 is 10.2 Å². The van der Waals surface area contributed by atoms with E-state index in [1.54, 1.807) is 0 Å². The highest BCUT2D eigenvalue weighted by Crippen LogP contribution is 2.57. The van der Waals surface area contributed by atoms with Gasteiger partial charge in [0.2, 0.25) is 0 Å². The van der Waals surface area contributed by atoms with Crippen LogP contribution >= 0.6 is 0 Å². The minimum absolute atomic E-state index is 0.503. The van der Waals surface area contributed by atoms with Crippen LogP contribution < -0.4 is 0 Å². The summed E-state index contributed by atoms with van der Waals surface area (Å²) < 4.78 is 0. The Hall–Kier alpha value is -1.34. The van der Waals surface area contributed by atoms with Crippen LogP contribution in [0.3, 0.4) is 0 Å². The van der Waals surface area contributed by atoms with Gasteiger partial charge in [-0.25, -0.2) is 0 Å². The van der Waals surface area contributed by atoms with Crippen LogP contribution in [0.4, 0.5) is 0 Å². The standard InChI is InChI=1S/C15H16Si/c16-15(13-9-5-2-6-10-13)11-14(15)12-7-3-1-4-8-12/h1-10,14H,11H2,16H3. The van der Waals surface area contributed by atoms with Gasteiger partial charge in [-0.15, -0.1) is 0 Å². The Labute approximate surface area is 99.7 Å². The van der Waals surface area contributed by atoms with Gasteiger partial charge in [-0.05, 0) is 28.5 Å². The van der Waals surface area contributed by atoms with E-state index < -0.39 is 0 Å². The van der Waals surface area contributed by atoms with E-state index in [0.29, 0.717) is 5.04 Å². The molecule has 2 atom stereocenters. The van der Waals surface area contributed by atoms with Crippen molar-refractivity contribution in [2.24, 2.45) is 0 Å². The van der Waals surface area contributed by atoms with Gasteiger partial charge >= 0.3 is 0 Å². The van der Waals surface area contributed by atoms with E-state index in [0.717, 1.165) is 5.92 Å². The molecular formula is C15H16Si. The Morgan fingerprint density at radius 2 is 1.44 bits per heavy atom. The Kier molecular flexibility index (Phi) is 2.22. The van der Waals surface area contributed by atoms with E-state index >= 15 is 0 Å². The fourth-order valence-electron chi connectivity index (χ4n) is 2.67. The molecule has 16 heavy (non-hydrogen) atoms. The Morgan fingerprint density at radius 3 is 2.06 bits per heavy atom. The van der Waals surface area contributed by atoms with Gasteiger partial charge in [-0.1, -0.05) is 60.7 Å². The average molecular weight is 224 g/mol. The second kappa shape index (κ2) is 3.60. The third-order valence-corrected chi connectivity index (χ3v) is 5.55. The summed E-state index contributed by atoms with van der Waals surface area (Å²) in [6, 6.07) is 22.0. The zero-order chi connectivity index (χ0) is 11.0. The Bertz CT molecular complexity index is 477. The number of hydrogen-bond acceptors (Lipinski definition) is 0.